The van der Waals surface area contributed by atoms with Gasteiger partial charge in [-0.15, -0.1) is 0 Å². The molecule has 90 valence electrons. The van der Waals surface area contributed by atoms with Gasteiger partial charge in [0, 0.05) is 37.7 Å². The molecule has 0 saturated heterocycles. The molecule has 4 nitrogen and oxygen atoms in total. The van der Waals surface area contributed by atoms with Crippen molar-refractivity contribution in [2.24, 2.45) is 0 Å². The molecule has 1 aliphatic rings. The quantitative estimate of drug-likeness (QED) is 0.680. The number of nitrogens with zero attached hydrogens (tertiary/aromatic N) is 2. The predicted molar refractivity (Wildman–Crippen MR) is 66.7 cm³/mol. The lowest BCUT2D eigenvalue weighted by atomic mass is 10.00. The van der Waals surface area contributed by atoms with E-state index in [0.29, 0.717) is 19.4 Å². The Morgan fingerprint density at radius 1 is 1.29 bits per heavy atom. The van der Waals surface area contributed by atoms with Crippen LogP contribution < -0.4 is 10.6 Å². The zero-order valence-electron chi connectivity index (χ0n) is 10.2. The van der Waals surface area contributed by atoms with Crippen molar-refractivity contribution in [1.82, 2.24) is 10.6 Å². The summed E-state index contributed by atoms with van der Waals surface area (Å²) in [7, 11) is 0. The monoisotopic (exact) mass is 230 g/mol. The molecule has 0 spiro atoms. The van der Waals surface area contributed by atoms with E-state index < -0.39 is 0 Å². The second-order valence-electron chi connectivity index (χ2n) is 4.03. The van der Waals surface area contributed by atoms with Crippen LogP contribution in [0.3, 0.4) is 0 Å². The van der Waals surface area contributed by atoms with Crippen LogP contribution in [0.4, 0.5) is 0 Å². The van der Waals surface area contributed by atoms with Crippen molar-refractivity contribution in [3.63, 3.8) is 0 Å². The Morgan fingerprint density at radius 3 is 2.71 bits per heavy atom. The summed E-state index contributed by atoms with van der Waals surface area (Å²) >= 11 is 0. The Labute approximate surface area is 103 Å². The van der Waals surface area contributed by atoms with E-state index in [1.54, 1.807) is 0 Å². The highest BCUT2D eigenvalue weighted by atomic mass is 14.9. The number of hydrogen-bond donors (Lipinski definition) is 2. The second-order valence-corrected chi connectivity index (χ2v) is 4.03. The van der Waals surface area contributed by atoms with Gasteiger partial charge in [0.05, 0.1) is 18.6 Å². The molecule has 4 heteroatoms. The fourth-order valence-electron chi connectivity index (χ4n) is 1.74. The molecule has 17 heavy (non-hydrogen) atoms. The number of nitriles is 2. The van der Waals surface area contributed by atoms with Crippen molar-refractivity contribution in [3.8, 4) is 12.1 Å². The highest BCUT2D eigenvalue weighted by molar-refractivity contribution is 5.29. The van der Waals surface area contributed by atoms with Gasteiger partial charge < -0.3 is 10.6 Å². The SMILES string of the molecule is CC1=C(NCCC#N)CC(NCCC#N)C=C1. The first-order valence-electron chi connectivity index (χ1n) is 5.87. The topological polar surface area (TPSA) is 71.6 Å². The van der Waals surface area contributed by atoms with E-state index in [1.165, 1.54) is 11.3 Å². The van der Waals surface area contributed by atoms with Crippen LogP contribution in [-0.2, 0) is 0 Å². The van der Waals surface area contributed by atoms with Gasteiger partial charge in [-0.05, 0) is 12.5 Å². The van der Waals surface area contributed by atoms with Gasteiger partial charge >= 0.3 is 0 Å². The van der Waals surface area contributed by atoms with E-state index in [1.807, 2.05) is 0 Å². The summed E-state index contributed by atoms with van der Waals surface area (Å²) < 4.78 is 0. The summed E-state index contributed by atoms with van der Waals surface area (Å²) in [5.74, 6) is 0. The third kappa shape index (κ3) is 4.72. The summed E-state index contributed by atoms with van der Waals surface area (Å²) in [6.07, 6.45) is 6.17. The van der Waals surface area contributed by atoms with Gasteiger partial charge in [-0.3, -0.25) is 0 Å². The molecule has 0 bridgehead atoms. The molecular formula is C13H18N4. The molecule has 0 aromatic heterocycles. The first kappa shape index (κ1) is 13.3. The van der Waals surface area contributed by atoms with E-state index in [-0.39, 0.29) is 6.04 Å². The van der Waals surface area contributed by atoms with E-state index in [9.17, 15) is 0 Å². The minimum Gasteiger partial charge on any atom is -0.387 e. The van der Waals surface area contributed by atoms with Crippen LogP contribution in [0.25, 0.3) is 0 Å². The minimum absolute atomic E-state index is 0.289. The average Bonchev–Trinajstić information content (AvgIpc) is 2.33. The lowest BCUT2D eigenvalue weighted by Crippen LogP contribution is -2.33. The summed E-state index contributed by atoms with van der Waals surface area (Å²) in [6.45, 7) is 3.48. The number of rotatable bonds is 6. The van der Waals surface area contributed by atoms with Gasteiger partial charge in [-0.25, -0.2) is 0 Å². The van der Waals surface area contributed by atoms with Crippen molar-refractivity contribution in [3.05, 3.63) is 23.4 Å². The number of hydrogen-bond acceptors (Lipinski definition) is 4. The van der Waals surface area contributed by atoms with Crippen LogP contribution in [-0.4, -0.2) is 19.1 Å². The molecule has 1 atom stereocenters. The molecule has 1 aliphatic carbocycles. The molecule has 0 aromatic rings. The first-order valence-corrected chi connectivity index (χ1v) is 5.87. The highest BCUT2D eigenvalue weighted by Crippen LogP contribution is 2.16. The predicted octanol–water partition coefficient (Wildman–Crippen LogP) is 1.60. The van der Waals surface area contributed by atoms with Crippen LogP contribution in [0.15, 0.2) is 23.4 Å². The molecule has 1 rings (SSSR count). The number of allylic oxidation sites excluding steroid dienone is 2. The van der Waals surface area contributed by atoms with Gasteiger partial charge in [0.25, 0.3) is 0 Å². The summed E-state index contributed by atoms with van der Waals surface area (Å²) in [5, 5.41) is 23.6. The van der Waals surface area contributed by atoms with Crippen LogP contribution in [0, 0.1) is 22.7 Å². The summed E-state index contributed by atoms with van der Waals surface area (Å²) in [6, 6.07) is 4.53. The van der Waals surface area contributed by atoms with Gasteiger partial charge in [0.1, 0.15) is 0 Å². The van der Waals surface area contributed by atoms with Gasteiger partial charge in [-0.2, -0.15) is 10.5 Å². The first-order chi connectivity index (χ1) is 8.27. The van der Waals surface area contributed by atoms with Crippen LogP contribution in [0.5, 0.6) is 0 Å². The van der Waals surface area contributed by atoms with Gasteiger partial charge in [0.15, 0.2) is 0 Å². The largest absolute Gasteiger partial charge is 0.387 e. The fraction of sp³-hybridized carbons (Fsp3) is 0.538. The van der Waals surface area contributed by atoms with E-state index in [4.69, 9.17) is 10.5 Å². The molecule has 0 aliphatic heterocycles. The Balaban J connectivity index is 2.40. The van der Waals surface area contributed by atoms with Gasteiger partial charge in [0.2, 0.25) is 0 Å². The third-order valence-corrected chi connectivity index (χ3v) is 2.70. The van der Waals surface area contributed by atoms with Crippen LogP contribution >= 0.6 is 0 Å². The Kier molecular flexibility index (Phi) is 5.85. The lowest BCUT2D eigenvalue weighted by Gasteiger charge is -2.22. The van der Waals surface area contributed by atoms with Crippen molar-refractivity contribution in [2.45, 2.75) is 32.2 Å². The van der Waals surface area contributed by atoms with Gasteiger partial charge in [-0.1, -0.05) is 12.2 Å². The summed E-state index contributed by atoms with van der Waals surface area (Å²) in [5.41, 5.74) is 2.42. The molecule has 0 saturated carbocycles. The fourth-order valence-corrected chi connectivity index (χ4v) is 1.74. The molecule has 0 heterocycles. The molecule has 1 unspecified atom stereocenters. The van der Waals surface area contributed by atoms with Crippen molar-refractivity contribution in [2.75, 3.05) is 13.1 Å². The van der Waals surface area contributed by atoms with Crippen LogP contribution in [0.1, 0.15) is 26.2 Å². The Bertz CT molecular complexity index is 381. The zero-order chi connectivity index (χ0) is 12.5. The highest BCUT2D eigenvalue weighted by Gasteiger charge is 2.13. The van der Waals surface area contributed by atoms with Crippen molar-refractivity contribution >= 4 is 0 Å². The van der Waals surface area contributed by atoms with Crippen LogP contribution in [0.2, 0.25) is 0 Å². The third-order valence-electron chi connectivity index (χ3n) is 2.70. The second kappa shape index (κ2) is 7.49. The maximum atomic E-state index is 8.49. The van der Waals surface area contributed by atoms with Crippen molar-refractivity contribution in [1.29, 1.82) is 10.5 Å². The number of nitrogens with one attached hydrogen (secondary N) is 2. The van der Waals surface area contributed by atoms with E-state index in [0.717, 1.165) is 13.0 Å². The van der Waals surface area contributed by atoms with E-state index in [2.05, 4.69) is 41.8 Å². The average molecular weight is 230 g/mol. The normalized spacial score (nSPS) is 18.6. The molecule has 0 amide bonds. The molecular weight excluding hydrogens is 212 g/mol. The standard InChI is InChI=1S/C13H18N4/c1-11-4-5-12(16-8-2-6-14)10-13(11)17-9-3-7-15/h4-5,12,16-17H,2-3,8-10H2,1H3. The summed E-state index contributed by atoms with van der Waals surface area (Å²) in [4.78, 5) is 0. The Morgan fingerprint density at radius 2 is 2.00 bits per heavy atom. The van der Waals surface area contributed by atoms with Crippen molar-refractivity contribution < 1.29 is 0 Å². The van der Waals surface area contributed by atoms with E-state index >= 15 is 0 Å². The molecule has 0 aromatic carbocycles. The lowest BCUT2D eigenvalue weighted by molar-refractivity contribution is 0.566. The minimum atomic E-state index is 0.289. The Hall–Kier alpha value is -1.78. The smallest absolute Gasteiger partial charge is 0.0640 e. The maximum Gasteiger partial charge on any atom is 0.0640 e. The molecule has 2 N–H and O–H groups in total. The molecule has 0 fully saturated rings. The zero-order valence-corrected chi connectivity index (χ0v) is 10.2. The molecule has 0 radical (unpaired) electrons. The maximum absolute atomic E-state index is 8.49.